The number of fused-ring (bicyclic) bond motifs is 55. The van der Waals surface area contributed by atoms with Crippen LogP contribution in [-0.4, -0.2) is 34.2 Å². The molecule has 0 unspecified atom stereocenters. The van der Waals surface area contributed by atoms with Gasteiger partial charge in [0.25, 0.3) is 0 Å². The predicted molar refractivity (Wildman–Crippen MR) is 594 cm³/mol. The van der Waals surface area contributed by atoms with Crippen molar-refractivity contribution in [2.75, 3.05) is 14.4 Å². The van der Waals surface area contributed by atoms with Crippen molar-refractivity contribution in [2.24, 2.45) is 0 Å². The topological polar surface area (TPSA) is 24.5 Å². The number of anilines is 6. The molecule has 6 nitrogen and oxygen atoms in total. The Bertz CT molecular complexity index is 9960. The molecule has 0 fully saturated rings. The van der Waals surface area contributed by atoms with Crippen LogP contribution in [0.5, 0.6) is 0 Å². The molecule has 12 heteroatoms. The van der Waals surface area contributed by atoms with Crippen LogP contribution >= 0.6 is 34.0 Å². The molecular weight excluding hydrogens is 1730 g/mol. The lowest BCUT2D eigenvalue weighted by atomic mass is 9.43. The molecule has 0 amide bonds. The van der Waals surface area contributed by atoms with Crippen LogP contribution in [0.2, 0.25) is 0 Å². The molecule has 0 spiro atoms. The van der Waals surface area contributed by atoms with Gasteiger partial charge in [0.05, 0.1) is 48.2 Å². The first-order valence-corrected chi connectivity index (χ1v) is 50.1. The van der Waals surface area contributed by atoms with Crippen LogP contribution in [0, 0.1) is 0 Å². The summed E-state index contributed by atoms with van der Waals surface area (Å²) in [4.78, 5) is 7.82. The van der Waals surface area contributed by atoms with E-state index in [0.29, 0.717) is 0 Å². The van der Waals surface area contributed by atoms with E-state index < -0.39 is 0 Å². The Kier molecular flexibility index (Phi) is 16.3. The maximum Gasteiger partial charge on any atom is 0.329 e. The van der Waals surface area contributed by atoms with Gasteiger partial charge < -0.3 is 28.1 Å². The maximum atomic E-state index is 2.65. The number of hydrogen-bond acceptors (Lipinski definition) is 6. The molecule has 33 rings (SSSR count). The predicted octanol–water partition coefficient (Wildman–Crippen LogP) is 30.2. The standard InChI is InChI=1S/3C42H25BN2S/c1-2-12-26(13-3-1)44-37-25-24-34-39(40(37)32-23-22-30-29-16-7-11-21-38(29)46-42(30)41(32)44)31-17-6-10-20-36(31)45-35-19-9-5-15-28(35)27-14-4-8-18-33(27)43(34)45;1-2-12-26(13-3-1)44-38-24-34-30-17-7-11-21-39(30)46-40(34)25-33(38)32-23-22-31-28-15-5-9-19-36(28)43-35-18-8-4-14-27(35)29-16-6-10-20-37(29)45(43)42(31)41(32)44;1-2-12-26(13-3-1)44-39-25-36-33(24-34(39)31-22-23-32-30-17-7-11-21-40(30)46-42(32)41(31)44)29-16-6-10-20-38(29)45-37-19-9-5-15-28(37)27-14-4-8-18-35(27)43(36)45/h3*1-25H. The van der Waals surface area contributed by atoms with Crippen molar-refractivity contribution in [3.63, 3.8) is 0 Å². The van der Waals surface area contributed by atoms with Gasteiger partial charge in [-0.3, -0.25) is 0 Å². The van der Waals surface area contributed by atoms with Gasteiger partial charge in [-0.05, 0) is 181 Å². The second kappa shape index (κ2) is 29.4. The third kappa shape index (κ3) is 10.7. The molecule has 27 aromatic rings. The van der Waals surface area contributed by atoms with Gasteiger partial charge >= 0.3 is 20.5 Å². The zero-order chi connectivity index (χ0) is 89.8. The van der Waals surface area contributed by atoms with Crippen molar-refractivity contribution in [1.29, 1.82) is 0 Å². The second-order valence-corrected chi connectivity index (χ2v) is 40.5. The summed E-state index contributed by atoms with van der Waals surface area (Å²) in [5, 5.41) is 15.8. The van der Waals surface area contributed by atoms with Gasteiger partial charge in [-0.1, -0.05) is 340 Å². The van der Waals surface area contributed by atoms with Gasteiger partial charge in [0, 0.05) is 162 Å². The van der Waals surface area contributed by atoms with Crippen molar-refractivity contribution in [1.82, 2.24) is 13.7 Å². The Balaban J connectivity index is 0.0000000959. The number of thiophene rings is 3. The Hall–Kier alpha value is -16.7. The molecule has 6 aromatic heterocycles. The molecule has 21 aromatic carbocycles. The molecule has 0 atom stereocenters. The lowest BCUT2D eigenvalue weighted by Crippen LogP contribution is -2.59. The average Bonchev–Trinajstić information content (AvgIpc) is 1.49. The minimum atomic E-state index is 0.0620. The van der Waals surface area contributed by atoms with E-state index in [1.807, 2.05) is 34.0 Å². The zero-order valence-electron chi connectivity index (χ0n) is 74.4. The summed E-state index contributed by atoms with van der Waals surface area (Å²) >= 11 is 5.71. The summed E-state index contributed by atoms with van der Waals surface area (Å²) in [5.74, 6) is 0. The molecule has 636 valence electrons. The van der Waals surface area contributed by atoms with E-state index in [2.05, 4.69) is 483 Å². The van der Waals surface area contributed by atoms with Crippen LogP contribution in [0.25, 0.3) is 210 Å². The van der Waals surface area contributed by atoms with E-state index in [9.17, 15) is 0 Å². The Labute approximate surface area is 807 Å². The summed E-state index contributed by atoms with van der Waals surface area (Å²) in [6.07, 6.45) is 0. The van der Waals surface area contributed by atoms with Gasteiger partial charge in [0.15, 0.2) is 0 Å². The smallest absolute Gasteiger partial charge is 0.329 e. The van der Waals surface area contributed by atoms with Crippen molar-refractivity contribution in [3.8, 4) is 83.8 Å². The van der Waals surface area contributed by atoms with Crippen molar-refractivity contribution < 1.29 is 0 Å². The van der Waals surface area contributed by atoms with E-state index in [0.717, 1.165) is 0 Å². The first kappa shape index (κ1) is 76.7. The number of aromatic nitrogens is 3. The maximum absolute atomic E-state index is 2.65. The van der Waals surface area contributed by atoms with Crippen LogP contribution in [-0.2, 0) is 0 Å². The van der Waals surface area contributed by atoms with Crippen molar-refractivity contribution >= 4 is 247 Å². The summed E-state index contributed by atoms with van der Waals surface area (Å²) in [6, 6.07) is 169. The van der Waals surface area contributed by atoms with E-state index in [1.54, 1.807) is 0 Å². The molecule has 0 bridgehead atoms. The highest BCUT2D eigenvalue weighted by Crippen LogP contribution is 2.57. The summed E-state index contributed by atoms with van der Waals surface area (Å²) in [6.45, 7) is 0.200. The van der Waals surface area contributed by atoms with Crippen LogP contribution in [0.4, 0.5) is 34.1 Å². The zero-order valence-corrected chi connectivity index (χ0v) is 76.9. The summed E-state index contributed by atoms with van der Waals surface area (Å²) in [5.41, 5.74) is 42.5. The molecule has 138 heavy (non-hydrogen) atoms. The number of para-hydroxylation sites is 8. The molecule has 6 aliphatic heterocycles. The van der Waals surface area contributed by atoms with Crippen LogP contribution in [0.15, 0.2) is 455 Å². The Morgan fingerprint density at radius 1 is 0.174 bits per heavy atom. The third-order valence-corrected chi connectivity index (χ3v) is 34.0. The number of rotatable bonds is 3. The fraction of sp³-hybridized carbons (Fsp3) is 0. The third-order valence-electron chi connectivity index (χ3n) is 30.5. The van der Waals surface area contributed by atoms with Gasteiger partial charge in [-0.15, -0.1) is 34.0 Å². The quantitative estimate of drug-likeness (QED) is 0.165. The molecule has 6 aliphatic rings. The molecule has 0 aliphatic carbocycles. The Morgan fingerprint density at radius 3 is 1.04 bits per heavy atom. The van der Waals surface area contributed by atoms with E-state index in [-0.39, 0.29) is 20.5 Å². The van der Waals surface area contributed by atoms with Gasteiger partial charge in [0.1, 0.15) is 0 Å². The largest absolute Gasteiger partial charge is 0.376 e. The molecular formula is C126H75B3N6S3. The van der Waals surface area contributed by atoms with E-state index in [1.165, 1.54) is 277 Å². The fourth-order valence-electron chi connectivity index (χ4n) is 25.0. The highest BCUT2D eigenvalue weighted by molar-refractivity contribution is 7.27. The number of benzene rings is 21. The normalized spacial score (nSPS) is 13.1. The molecule has 12 heterocycles. The van der Waals surface area contributed by atoms with E-state index >= 15 is 0 Å². The fourth-order valence-corrected chi connectivity index (χ4v) is 28.6. The van der Waals surface area contributed by atoms with Crippen LogP contribution < -0.4 is 47.2 Å². The Morgan fingerprint density at radius 2 is 0.522 bits per heavy atom. The lowest BCUT2D eigenvalue weighted by Gasteiger charge is -2.43. The highest BCUT2D eigenvalue weighted by atomic mass is 32.1. The minimum absolute atomic E-state index is 0.0620. The lowest BCUT2D eigenvalue weighted by molar-refractivity contribution is 1.17. The average molecular weight is 1800 g/mol. The SMILES string of the molecule is c1ccc(-n2c3cc4c(cc3c3ccc5c(c32)N2B(c3ccccc3-c3ccccc32)c2ccccc2-5)sc2ccccc24)cc1.c1ccc(-n2c3cc4c(cc3c3ccc5c6ccccc6sc5c32)-c2ccccc2N2B4c3ccccc3-c3ccccc32)cc1.c1ccc(-n2c3ccc4c(c3c3ccc5c6ccccc6sc5c32)-c2ccccc2N2B4c3ccccc3-c3ccccc32)cc1. The van der Waals surface area contributed by atoms with Gasteiger partial charge in [-0.2, -0.15) is 0 Å². The van der Waals surface area contributed by atoms with Crippen LogP contribution in [0.3, 0.4) is 0 Å². The number of nitrogens with zero attached hydrogens (tertiary/aromatic N) is 6. The first-order valence-electron chi connectivity index (χ1n) is 47.7. The summed E-state index contributed by atoms with van der Waals surface area (Å²) < 4.78 is 15.6. The number of hydrogen-bond donors (Lipinski definition) is 0. The van der Waals surface area contributed by atoms with Crippen molar-refractivity contribution in [3.05, 3.63) is 455 Å². The van der Waals surface area contributed by atoms with Crippen LogP contribution in [0.1, 0.15) is 0 Å². The molecule has 0 radical (unpaired) electrons. The monoisotopic (exact) mass is 1800 g/mol. The van der Waals surface area contributed by atoms with Gasteiger partial charge in [-0.25, -0.2) is 0 Å². The highest BCUT2D eigenvalue weighted by Gasteiger charge is 2.48. The van der Waals surface area contributed by atoms with Crippen molar-refractivity contribution in [2.45, 2.75) is 0 Å². The molecule has 0 N–H and O–H groups in total. The minimum Gasteiger partial charge on any atom is -0.376 e. The first-order chi connectivity index (χ1) is 68.6. The van der Waals surface area contributed by atoms with Gasteiger partial charge in [0.2, 0.25) is 0 Å². The molecule has 0 saturated carbocycles. The summed E-state index contributed by atoms with van der Waals surface area (Å²) in [7, 11) is 0. The molecule has 0 saturated heterocycles. The van der Waals surface area contributed by atoms with E-state index in [4.69, 9.17) is 0 Å². The second-order valence-electron chi connectivity index (χ2n) is 37.3.